The highest BCUT2D eigenvalue weighted by atomic mass is 35.5. The maximum absolute atomic E-state index is 6.19. The summed E-state index contributed by atoms with van der Waals surface area (Å²) < 4.78 is 2.13. The van der Waals surface area contributed by atoms with Crippen LogP contribution in [0, 0.1) is 0 Å². The van der Waals surface area contributed by atoms with Gasteiger partial charge in [0.1, 0.15) is 5.03 Å². The predicted octanol–water partition coefficient (Wildman–Crippen LogP) is 3.84. The fourth-order valence-electron chi connectivity index (χ4n) is 2.05. The Bertz CT molecular complexity index is 720. The van der Waals surface area contributed by atoms with E-state index in [1.165, 1.54) is 5.69 Å². The van der Waals surface area contributed by atoms with Crippen LogP contribution in [0.2, 0.25) is 5.02 Å². The lowest BCUT2D eigenvalue weighted by molar-refractivity contribution is 0.878. The minimum atomic E-state index is 0.628. The Morgan fingerprint density at radius 2 is 2.20 bits per heavy atom. The molecule has 3 aromatic rings. The maximum Gasteiger partial charge on any atom is 0.194 e. The van der Waals surface area contributed by atoms with Crippen molar-refractivity contribution in [3.05, 3.63) is 52.1 Å². The number of nitrogens with zero attached hydrogens (tertiary/aromatic N) is 2. The van der Waals surface area contributed by atoms with Crippen molar-refractivity contribution in [1.29, 1.82) is 0 Å². The summed E-state index contributed by atoms with van der Waals surface area (Å²) in [5, 5.41) is 3.91. The number of hydrogen-bond acceptors (Lipinski definition) is 4. The third-order valence-electron chi connectivity index (χ3n) is 3.03. The average Bonchev–Trinajstić information content (AvgIpc) is 3.01. The Balaban J connectivity index is 1.85. The largest absolute Gasteiger partial charge is 0.330 e. The van der Waals surface area contributed by atoms with Crippen molar-refractivity contribution in [2.75, 3.05) is 6.54 Å². The van der Waals surface area contributed by atoms with E-state index in [-0.39, 0.29) is 0 Å². The summed E-state index contributed by atoms with van der Waals surface area (Å²) >= 11 is 9.56. The molecule has 2 heterocycles. The minimum absolute atomic E-state index is 0.628. The summed E-state index contributed by atoms with van der Waals surface area (Å²) in [4.78, 5) is 5.71. The van der Waals surface area contributed by atoms with Crippen LogP contribution in [-0.4, -0.2) is 15.9 Å². The van der Waals surface area contributed by atoms with Crippen LogP contribution in [0.4, 0.5) is 0 Å². The number of rotatable bonds is 5. The molecule has 0 saturated carbocycles. The van der Waals surface area contributed by atoms with E-state index < -0.39 is 0 Å². The molecule has 0 saturated heterocycles. The number of thiazole rings is 1. The van der Waals surface area contributed by atoms with Crippen molar-refractivity contribution in [2.45, 2.75) is 17.2 Å². The van der Waals surface area contributed by atoms with Crippen molar-refractivity contribution in [3.63, 3.8) is 0 Å². The lowest BCUT2D eigenvalue weighted by atomic mass is 10.2. The van der Waals surface area contributed by atoms with Crippen molar-refractivity contribution in [2.24, 2.45) is 5.73 Å². The molecular formula is C14H14ClN3S2. The van der Waals surface area contributed by atoms with Gasteiger partial charge in [0.15, 0.2) is 4.96 Å². The molecule has 0 amide bonds. The zero-order valence-corrected chi connectivity index (χ0v) is 13.1. The molecule has 1 aromatic carbocycles. The van der Waals surface area contributed by atoms with Crippen molar-refractivity contribution in [3.8, 4) is 0 Å². The lowest BCUT2D eigenvalue weighted by Crippen LogP contribution is -2.05. The van der Waals surface area contributed by atoms with Gasteiger partial charge in [-0.05, 0) is 18.2 Å². The molecule has 0 aliphatic heterocycles. The molecule has 0 unspecified atom stereocenters. The Labute approximate surface area is 130 Å². The molecule has 104 valence electrons. The summed E-state index contributed by atoms with van der Waals surface area (Å²) in [5.41, 5.74) is 8.04. The van der Waals surface area contributed by atoms with E-state index in [9.17, 15) is 0 Å². The van der Waals surface area contributed by atoms with E-state index in [0.717, 1.165) is 32.7 Å². The van der Waals surface area contributed by atoms with Crippen LogP contribution in [0.1, 0.15) is 11.3 Å². The molecule has 0 radical (unpaired) electrons. The number of thioether (sulfide) groups is 1. The normalized spacial score (nSPS) is 11.3. The summed E-state index contributed by atoms with van der Waals surface area (Å²) in [6, 6.07) is 7.93. The molecule has 0 aliphatic rings. The van der Waals surface area contributed by atoms with Gasteiger partial charge >= 0.3 is 0 Å². The SMILES string of the molecule is NCCc1c(SCc2ccccc2Cl)nc2sccn12. The first kappa shape index (κ1) is 13.9. The first-order valence-electron chi connectivity index (χ1n) is 6.30. The van der Waals surface area contributed by atoms with E-state index in [0.29, 0.717) is 6.54 Å². The van der Waals surface area contributed by atoms with Gasteiger partial charge in [0.05, 0.1) is 5.69 Å². The number of halogens is 1. The van der Waals surface area contributed by atoms with Crippen molar-refractivity contribution in [1.82, 2.24) is 9.38 Å². The van der Waals surface area contributed by atoms with Crippen LogP contribution in [0.3, 0.4) is 0 Å². The van der Waals surface area contributed by atoms with E-state index in [2.05, 4.69) is 21.6 Å². The van der Waals surface area contributed by atoms with Gasteiger partial charge in [-0.1, -0.05) is 41.6 Å². The van der Waals surface area contributed by atoms with Crippen LogP contribution in [0.5, 0.6) is 0 Å². The molecule has 0 atom stereocenters. The Morgan fingerprint density at radius 3 is 3.00 bits per heavy atom. The van der Waals surface area contributed by atoms with Crippen LogP contribution < -0.4 is 5.73 Å². The molecule has 2 aromatic heterocycles. The third kappa shape index (κ3) is 2.72. The van der Waals surface area contributed by atoms with Gasteiger partial charge in [-0.25, -0.2) is 4.98 Å². The highest BCUT2D eigenvalue weighted by Crippen LogP contribution is 2.30. The molecule has 2 N–H and O–H groups in total. The lowest BCUT2D eigenvalue weighted by Gasteiger charge is -2.04. The van der Waals surface area contributed by atoms with Gasteiger partial charge in [0.25, 0.3) is 0 Å². The molecule has 0 aliphatic carbocycles. The number of nitrogens with two attached hydrogens (primary N) is 1. The van der Waals surface area contributed by atoms with Crippen LogP contribution in [-0.2, 0) is 12.2 Å². The van der Waals surface area contributed by atoms with Crippen LogP contribution in [0.15, 0.2) is 40.9 Å². The molecule has 3 rings (SSSR count). The molecule has 0 spiro atoms. The second-order valence-corrected chi connectivity index (χ2v) is 6.58. The van der Waals surface area contributed by atoms with Crippen LogP contribution >= 0.6 is 34.7 Å². The minimum Gasteiger partial charge on any atom is -0.330 e. The van der Waals surface area contributed by atoms with Crippen LogP contribution in [0.25, 0.3) is 4.96 Å². The highest BCUT2D eigenvalue weighted by Gasteiger charge is 2.13. The van der Waals surface area contributed by atoms with E-state index >= 15 is 0 Å². The summed E-state index contributed by atoms with van der Waals surface area (Å²) in [7, 11) is 0. The number of imidazole rings is 1. The smallest absolute Gasteiger partial charge is 0.194 e. The van der Waals surface area contributed by atoms with E-state index in [1.54, 1.807) is 23.1 Å². The Morgan fingerprint density at radius 1 is 1.35 bits per heavy atom. The summed E-state index contributed by atoms with van der Waals surface area (Å²) in [6.07, 6.45) is 2.89. The highest BCUT2D eigenvalue weighted by molar-refractivity contribution is 7.98. The number of benzene rings is 1. The van der Waals surface area contributed by atoms with Gasteiger partial charge in [-0.2, -0.15) is 0 Å². The zero-order valence-electron chi connectivity index (χ0n) is 10.8. The predicted molar refractivity (Wildman–Crippen MR) is 86.8 cm³/mol. The topological polar surface area (TPSA) is 43.3 Å². The fourth-order valence-corrected chi connectivity index (χ4v) is 4.19. The molecule has 3 nitrogen and oxygen atoms in total. The monoisotopic (exact) mass is 323 g/mol. The molecule has 0 fully saturated rings. The Hall–Kier alpha value is -1.01. The first-order chi connectivity index (χ1) is 9.79. The third-order valence-corrected chi connectivity index (χ3v) is 5.21. The molecule has 20 heavy (non-hydrogen) atoms. The molecule has 0 bridgehead atoms. The van der Waals surface area contributed by atoms with E-state index in [4.69, 9.17) is 17.3 Å². The van der Waals surface area contributed by atoms with Crippen molar-refractivity contribution < 1.29 is 0 Å². The average molecular weight is 324 g/mol. The zero-order chi connectivity index (χ0) is 13.9. The van der Waals surface area contributed by atoms with Gasteiger partial charge in [-0.15, -0.1) is 11.3 Å². The summed E-state index contributed by atoms with van der Waals surface area (Å²) in [6.45, 7) is 0.628. The Kier molecular flexibility index (Phi) is 4.31. The number of hydrogen-bond donors (Lipinski definition) is 1. The maximum atomic E-state index is 6.19. The number of fused-ring (bicyclic) bond motifs is 1. The molecular weight excluding hydrogens is 310 g/mol. The first-order valence-corrected chi connectivity index (χ1v) is 8.54. The molecule has 6 heteroatoms. The fraction of sp³-hybridized carbons (Fsp3) is 0.214. The van der Waals surface area contributed by atoms with Gasteiger partial charge in [0.2, 0.25) is 0 Å². The van der Waals surface area contributed by atoms with Gasteiger partial charge in [0, 0.05) is 28.8 Å². The summed E-state index contributed by atoms with van der Waals surface area (Å²) in [5.74, 6) is 0.822. The van der Waals surface area contributed by atoms with E-state index in [1.807, 2.05) is 23.6 Å². The number of aromatic nitrogens is 2. The van der Waals surface area contributed by atoms with Gasteiger partial charge < -0.3 is 5.73 Å². The second kappa shape index (κ2) is 6.18. The second-order valence-electron chi connectivity index (χ2n) is 4.34. The van der Waals surface area contributed by atoms with Crippen molar-refractivity contribution >= 4 is 39.7 Å². The standard InChI is InChI=1S/C14H14ClN3S2/c15-11-4-2-1-3-10(11)9-20-13-12(5-6-16)18-7-8-19-14(18)17-13/h1-4,7-8H,5-6,9,16H2. The quantitative estimate of drug-likeness (QED) is 0.725. The van der Waals surface area contributed by atoms with Gasteiger partial charge in [-0.3, -0.25) is 4.40 Å².